The highest BCUT2D eigenvalue weighted by atomic mass is 16.7. The van der Waals surface area contributed by atoms with Gasteiger partial charge < -0.3 is 90.4 Å². The van der Waals surface area contributed by atoms with E-state index in [0.29, 0.717) is 16.7 Å². The van der Waals surface area contributed by atoms with E-state index in [4.69, 9.17) is 18.9 Å². The summed E-state index contributed by atoms with van der Waals surface area (Å²) in [5, 5.41) is 148. The molecule has 58 heavy (non-hydrogen) atoms. The minimum atomic E-state index is -1.93. The fourth-order valence-corrected chi connectivity index (χ4v) is 7.65. The standard InChI is InChI=1S/C40H42O18/c41-13-25-30(48)33(51)35(53)39(55-25)57-37-22(45)10-17(11-23(37)46)28-27(16-3-7-19(44)8-4-16)20(9-15-1-5-18(43)6-2-15)21-12-24(47)38(32(50)29(21)28)58-40-36(54)34(52)31(49)26(14-42)56-40/h1-12,25-28,30-31,33-36,39-54H,13-14H2. The van der Waals surface area contributed by atoms with Crippen molar-refractivity contribution in [3.63, 3.8) is 0 Å². The molecule has 7 rings (SSSR count). The summed E-state index contributed by atoms with van der Waals surface area (Å²) in [6, 6.07) is 15.6. The molecule has 0 aromatic heterocycles. The number of rotatable bonds is 9. The Labute approximate surface area is 328 Å². The summed E-state index contributed by atoms with van der Waals surface area (Å²) in [5.41, 5.74) is 1.85. The predicted molar refractivity (Wildman–Crippen MR) is 197 cm³/mol. The number of hydrogen-bond acceptors (Lipinski definition) is 18. The summed E-state index contributed by atoms with van der Waals surface area (Å²) in [4.78, 5) is 0. The van der Waals surface area contributed by atoms with E-state index < -0.39 is 121 Å². The van der Waals surface area contributed by atoms with Crippen molar-refractivity contribution >= 4 is 11.6 Å². The number of hydrogen-bond donors (Lipinski definition) is 14. The molecule has 0 bridgehead atoms. The Morgan fingerprint density at radius 2 is 0.983 bits per heavy atom. The van der Waals surface area contributed by atoms with Crippen LogP contribution in [0.25, 0.3) is 11.6 Å². The largest absolute Gasteiger partial charge is 0.508 e. The molecule has 0 amide bonds. The molecule has 2 saturated heterocycles. The zero-order valence-electron chi connectivity index (χ0n) is 30.2. The molecule has 14 N–H and O–H groups in total. The van der Waals surface area contributed by atoms with E-state index in [-0.39, 0.29) is 28.2 Å². The number of fused-ring (bicyclic) bond motifs is 1. The van der Waals surface area contributed by atoms with Gasteiger partial charge in [0.2, 0.25) is 24.1 Å². The molecule has 2 heterocycles. The molecule has 1 aliphatic carbocycles. The maximum Gasteiger partial charge on any atom is 0.229 e. The Hall–Kier alpha value is -5.38. The number of aliphatic hydroxyl groups is 8. The molecule has 0 saturated carbocycles. The number of aromatic hydroxyl groups is 6. The van der Waals surface area contributed by atoms with Gasteiger partial charge in [0.1, 0.15) is 60.3 Å². The van der Waals surface area contributed by atoms with Crippen molar-refractivity contribution in [2.24, 2.45) is 0 Å². The Balaban J connectivity index is 1.39. The predicted octanol–water partition coefficient (Wildman–Crippen LogP) is -0.253. The van der Waals surface area contributed by atoms with E-state index in [1.54, 1.807) is 30.3 Å². The topological polar surface area (TPSA) is 320 Å². The quantitative estimate of drug-likeness (QED) is 0.104. The summed E-state index contributed by atoms with van der Waals surface area (Å²) in [5.74, 6) is -6.24. The van der Waals surface area contributed by atoms with E-state index in [9.17, 15) is 71.5 Å². The fraction of sp³-hybridized carbons (Fsp3) is 0.350. The molecule has 0 radical (unpaired) electrons. The second-order valence-electron chi connectivity index (χ2n) is 14.3. The third kappa shape index (κ3) is 7.30. The van der Waals surface area contributed by atoms with Gasteiger partial charge in [0, 0.05) is 17.4 Å². The van der Waals surface area contributed by atoms with Crippen LogP contribution in [0.4, 0.5) is 0 Å². The van der Waals surface area contributed by atoms with Gasteiger partial charge in [-0.1, -0.05) is 30.3 Å². The van der Waals surface area contributed by atoms with Gasteiger partial charge in [-0.2, -0.15) is 0 Å². The average molecular weight is 811 g/mol. The van der Waals surface area contributed by atoms with Crippen molar-refractivity contribution in [2.75, 3.05) is 13.2 Å². The van der Waals surface area contributed by atoms with Crippen LogP contribution < -0.4 is 9.47 Å². The van der Waals surface area contributed by atoms with Crippen LogP contribution in [0, 0.1) is 0 Å². The number of allylic oxidation sites excluding steroid dienone is 1. The van der Waals surface area contributed by atoms with Crippen molar-refractivity contribution in [3.05, 3.63) is 94.5 Å². The van der Waals surface area contributed by atoms with Crippen LogP contribution in [0.15, 0.2) is 66.7 Å². The van der Waals surface area contributed by atoms with Crippen molar-refractivity contribution in [1.29, 1.82) is 0 Å². The van der Waals surface area contributed by atoms with E-state index >= 15 is 0 Å². The van der Waals surface area contributed by atoms with Crippen molar-refractivity contribution in [2.45, 2.75) is 73.2 Å². The lowest BCUT2D eigenvalue weighted by molar-refractivity contribution is -0.277. The van der Waals surface area contributed by atoms with Crippen molar-refractivity contribution in [3.8, 4) is 46.0 Å². The molecular formula is C40H42O18. The SMILES string of the molecule is OCC1OC(Oc2c(O)cc(C3c4c(cc(O)c(OC5OC(CO)C(O)C(O)C5O)c4O)C(=Cc4ccc(O)cc4)C3c3ccc(O)cc3)cc2O)C(O)C(O)C1O. The number of ether oxygens (including phenoxy) is 4. The molecular weight excluding hydrogens is 768 g/mol. The highest BCUT2D eigenvalue weighted by molar-refractivity contribution is 5.94. The summed E-state index contributed by atoms with van der Waals surface area (Å²) < 4.78 is 22.2. The minimum Gasteiger partial charge on any atom is -0.508 e. The van der Waals surface area contributed by atoms with Gasteiger partial charge in [0.25, 0.3) is 0 Å². The molecule has 3 aliphatic rings. The smallest absolute Gasteiger partial charge is 0.229 e. The lowest BCUT2D eigenvalue weighted by Gasteiger charge is -2.39. The molecule has 4 aromatic rings. The molecule has 12 atom stereocenters. The molecule has 12 unspecified atom stereocenters. The number of aliphatic hydroxyl groups excluding tert-OH is 8. The first kappa shape index (κ1) is 40.8. The molecule has 18 nitrogen and oxygen atoms in total. The Kier molecular flexibility index (Phi) is 11.3. The van der Waals surface area contributed by atoms with E-state index in [1.165, 1.54) is 30.3 Å². The van der Waals surface area contributed by atoms with Gasteiger partial charge in [-0.15, -0.1) is 0 Å². The van der Waals surface area contributed by atoms with Crippen LogP contribution in [-0.4, -0.2) is 146 Å². The Morgan fingerprint density at radius 1 is 0.517 bits per heavy atom. The first-order valence-corrected chi connectivity index (χ1v) is 18.0. The lowest BCUT2D eigenvalue weighted by atomic mass is 9.79. The van der Waals surface area contributed by atoms with Crippen LogP contribution >= 0.6 is 0 Å². The monoisotopic (exact) mass is 810 g/mol. The van der Waals surface area contributed by atoms with Crippen molar-refractivity contribution in [1.82, 2.24) is 0 Å². The van der Waals surface area contributed by atoms with Gasteiger partial charge in [-0.25, -0.2) is 0 Å². The number of phenols is 6. The Morgan fingerprint density at radius 3 is 1.48 bits per heavy atom. The van der Waals surface area contributed by atoms with Gasteiger partial charge in [0.15, 0.2) is 23.0 Å². The third-order valence-corrected chi connectivity index (χ3v) is 10.6. The van der Waals surface area contributed by atoms with Crippen molar-refractivity contribution < 1.29 is 90.4 Å². The van der Waals surface area contributed by atoms with Gasteiger partial charge >= 0.3 is 0 Å². The minimum absolute atomic E-state index is 0.0239. The second-order valence-corrected chi connectivity index (χ2v) is 14.3. The van der Waals surface area contributed by atoms with E-state index in [1.807, 2.05) is 0 Å². The number of phenolic OH excluding ortho intramolecular Hbond substituents is 6. The first-order chi connectivity index (χ1) is 27.6. The lowest BCUT2D eigenvalue weighted by Crippen LogP contribution is -2.60. The van der Waals surface area contributed by atoms with Crippen LogP contribution in [0.5, 0.6) is 46.0 Å². The maximum absolute atomic E-state index is 12.1. The molecule has 2 fully saturated rings. The second kappa shape index (κ2) is 16.1. The van der Waals surface area contributed by atoms with Gasteiger partial charge in [0.05, 0.1) is 13.2 Å². The molecule has 4 aromatic carbocycles. The zero-order chi connectivity index (χ0) is 41.7. The molecule has 18 heteroatoms. The fourth-order valence-electron chi connectivity index (χ4n) is 7.65. The molecule has 2 aliphatic heterocycles. The number of benzene rings is 4. The highest BCUT2D eigenvalue weighted by Crippen LogP contribution is 2.62. The zero-order valence-corrected chi connectivity index (χ0v) is 30.2. The molecule has 310 valence electrons. The highest BCUT2D eigenvalue weighted by Gasteiger charge is 2.48. The van der Waals surface area contributed by atoms with Crippen LogP contribution in [0.1, 0.15) is 39.7 Å². The average Bonchev–Trinajstić information content (AvgIpc) is 3.51. The van der Waals surface area contributed by atoms with E-state index in [2.05, 4.69) is 0 Å². The first-order valence-electron chi connectivity index (χ1n) is 18.0. The maximum atomic E-state index is 12.1. The van der Waals surface area contributed by atoms with Crippen LogP contribution in [0.3, 0.4) is 0 Å². The van der Waals surface area contributed by atoms with E-state index in [0.717, 1.165) is 12.1 Å². The molecule has 0 spiro atoms. The van der Waals surface area contributed by atoms with Crippen LogP contribution in [-0.2, 0) is 9.47 Å². The third-order valence-electron chi connectivity index (χ3n) is 10.6. The summed E-state index contributed by atoms with van der Waals surface area (Å²) in [7, 11) is 0. The summed E-state index contributed by atoms with van der Waals surface area (Å²) >= 11 is 0. The normalized spacial score (nSPS) is 31.6. The summed E-state index contributed by atoms with van der Waals surface area (Å²) in [6.07, 6.45) is -15.7. The van der Waals surface area contributed by atoms with Gasteiger partial charge in [-0.05, 0) is 70.3 Å². The Bertz CT molecular complexity index is 2110. The van der Waals surface area contributed by atoms with Gasteiger partial charge in [-0.3, -0.25) is 0 Å². The summed E-state index contributed by atoms with van der Waals surface area (Å²) in [6.45, 7) is -1.57. The van der Waals surface area contributed by atoms with Crippen LogP contribution in [0.2, 0.25) is 0 Å².